The van der Waals surface area contributed by atoms with Crippen molar-refractivity contribution in [2.45, 2.75) is 18.9 Å². The molecule has 0 aliphatic heterocycles. The van der Waals surface area contributed by atoms with Crippen molar-refractivity contribution in [3.63, 3.8) is 0 Å². The van der Waals surface area contributed by atoms with Gasteiger partial charge in [-0.1, -0.05) is 13.0 Å². The van der Waals surface area contributed by atoms with E-state index in [1.54, 1.807) is 6.20 Å². The van der Waals surface area contributed by atoms with E-state index in [4.69, 9.17) is 5.73 Å². The van der Waals surface area contributed by atoms with Crippen LogP contribution in [0.3, 0.4) is 0 Å². The second kappa shape index (κ2) is 2.79. The lowest BCUT2D eigenvalue weighted by Gasteiger charge is -2.26. The van der Waals surface area contributed by atoms with Crippen molar-refractivity contribution in [2.75, 3.05) is 6.61 Å². The molecule has 1 aromatic heterocycles. The van der Waals surface area contributed by atoms with E-state index in [2.05, 4.69) is 11.9 Å². The molecule has 1 aliphatic rings. The quantitative estimate of drug-likeness (QED) is 0.655. The number of hydrogen-bond donors (Lipinski definition) is 2. The summed E-state index contributed by atoms with van der Waals surface area (Å²) in [5, 5.41) is 9.28. The molecule has 0 spiro atoms. The van der Waals surface area contributed by atoms with Crippen molar-refractivity contribution >= 4 is 0 Å². The molecule has 2 atom stereocenters. The molecule has 2 rings (SSSR count). The second-order valence-corrected chi connectivity index (χ2v) is 3.81. The second-order valence-electron chi connectivity index (χ2n) is 3.81. The number of aromatic nitrogens is 1. The van der Waals surface area contributed by atoms with Crippen molar-refractivity contribution in [1.82, 2.24) is 4.98 Å². The summed E-state index contributed by atoms with van der Waals surface area (Å²) >= 11 is 0. The highest BCUT2D eigenvalue weighted by Gasteiger charge is 2.41. The van der Waals surface area contributed by atoms with Crippen LogP contribution in [0, 0.1) is 5.92 Å². The summed E-state index contributed by atoms with van der Waals surface area (Å²) in [5.41, 5.74) is 7.51. The van der Waals surface area contributed by atoms with E-state index in [0.29, 0.717) is 0 Å². The lowest BCUT2D eigenvalue weighted by atomic mass is 9.89. The van der Waals surface area contributed by atoms with Gasteiger partial charge in [0.25, 0.3) is 0 Å². The first-order chi connectivity index (χ1) is 6.18. The number of aliphatic hydroxyl groups is 1. The molecule has 3 heteroatoms. The number of pyridine rings is 1. The van der Waals surface area contributed by atoms with Crippen LogP contribution in [0.2, 0.25) is 0 Å². The molecule has 0 radical (unpaired) electrons. The maximum Gasteiger partial charge on any atom is 0.0849 e. The molecule has 0 bridgehead atoms. The van der Waals surface area contributed by atoms with Crippen molar-refractivity contribution < 1.29 is 5.11 Å². The van der Waals surface area contributed by atoms with E-state index in [-0.39, 0.29) is 12.5 Å². The monoisotopic (exact) mass is 178 g/mol. The average molecular weight is 178 g/mol. The molecule has 0 aromatic carbocycles. The molecular weight excluding hydrogens is 164 g/mol. The summed E-state index contributed by atoms with van der Waals surface area (Å²) in [6.45, 7) is 2.02. The number of aliphatic hydroxyl groups excluding tert-OH is 1. The van der Waals surface area contributed by atoms with Gasteiger partial charge in [-0.3, -0.25) is 4.98 Å². The van der Waals surface area contributed by atoms with Gasteiger partial charge in [-0.15, -0.1) is 0 Å². The Bertz CT molecular complexity index is 326. The predicted octanol–water partition coefficient (Wildman–Crippen LogP) is 0.420. The lowest BCUT2D eigenvalue weighted by Crippen LogP contribution is -2.44. The molecule has 0 fully saturated rings. The van der Waals surface area contributed by atoms with Gasteiger partial charge in [-0.2, -0.15) is 0 Å². The Balaban J connectivity index is 2.52. The van der Waals surface area contributed by atoms with E-state index in [0.717, 1.165) is 12.1 Å². The maximum absolute atomic E-state index is 9.28. The van der Waals surface area contributed by atoms with Crippen LogP contribution >= 0.6 is 0 Å². The van der Waals surface area contributed by atoms with Crippen LogP contribution in [0.15, 0.2) is 18.3 Å². The highest BCUT2D eigenvalue weighted by Crippen LogP contribution is 2.37. The molecule has 2 unspecified atom stereocenters. The first-order valence-electron chi connectivity index (χ1n) is 4.52. The molecule has 70 valence electrons. The third kappa shape index (κ3) is 1.08. The van der Waals surface area contributed by atoms with E-state index in [1.165, 1.54) is 5.56 Å². The number of nitrogens with two attached hydrogens (primary N) is 1. The Morgan fingerprint density at radius 3 is 3.23 bits per heavy atom. The summed E-state index contributed by atoms with van der Waals surface area (Å²) in [6, 6.07) is 3.94. The molecule has 1 heterocycles. The number of nitrogens with zero attached hydrogens (tertiary/aromatic N) is 1. The topological polar surface area (TPSA) is 59.1 Å². The zero-order valence-electron chi connectivity index (χ0n) is 7.70. The zero-order valence-corrected chi connectivity index (χ0v) is 7.70. The van der Waals surface area contributed by atoms with Crippen LogP contribution in [0.1, 0.15) is 18.2 Å². The summed E-state index contributed by atoms with van der Waals surface area (Å²) < 4.78 is 0. The summed E-state index contributed by atoms with van der Waals surface area (Å²) in [7, 11) is 0. The molecule has 0 saturated carbocycles. The van der Waals surface area contributed by atoms with Crippen molar-refractivity contribution in [1.29, 1.82) is 0 Å². The van der Waals surface area contributed by atoms with Crippen molar-refractivity contribution in [3.05, 3.63) is 29.6 Å². The first-order valence-corrected chi connectivity index (χ1v) is 4.52. The fraction of sp³-hybridized carbons (Fsp3) is 0.500. The highest BCUT2D eigenvalue weighted by molar-refractivity contribution is 5.34. The Morgan fingerprint density at radius 1 is 1.77 bits per heavy atom. The molecule has 3 nitrogen and oxygen atoms in total. The van der Waals surface area contributed by atoms with E-state index in [9.17, 15) is 5.11 Å². The van der Waals surface area contributed by atoms with Gasteiger partial charge >= 0.3 is 0 Å². The van der Waals surface area contributed by atoms with Crippen LogP contribution in [0.25, 0.3) is 0 Å². The molecular formula is C10H14N2O. The van der Waals surface area contributed by atoms with Crippen LogP contribution in [-0.4, -0.2) is 16.7 Å². The van der Waals surface area contributed by atoms with E-state index >= 15 is 0 Å². The van der Waals surface area contributed by atoms with Gasteiger partial charge in [-0.05, 0) is 24.0 Å². The van der Waals surface area contributed by atoms with Gasteiger partial charge in [-0.25, -0.2) is 0 Å². The maximum atomic E-state index is 9.28. The predicted molar refractivity (Wildman–Crippen MR) is 50.1 cm³/mol. The summed E-state index contributed by atoms with van der Waals surface area (Å²) in [5.74, 6) is 0.266. The lowest BCUT2D eigenvalue weighted by molar-refractivity contribution is 0.156. The van der Waals surface area contributed by atoms with Crippen LogP contribution < -0.4 is 5.73 Å². The zero-order chi connectivity index (χ0) is 9.47. The largest absolute Gasteiger partial charge is 0.394 e. The number of hydrogen-bond acceptors (Lipinski definition) is 3. The van der Waals surface area contributed by atoms with Crippen LogP contribution in [0.5, 0.6) is 0 Å². The Hall–Kier alpha value is -0.930. The Labute approximate surface area is 77.6 Å². The molecule has 3 N–H and O–H groups in total. The molecule has 0 amide bonds. The minimum Gasteiger partial charge on any atom is -0.394 e. The van der Waals surface area contributed by atoms with Crippen LogP contribution in [-0.2, 0) is 12.0 Å². The first kappa shape index (κ1) is 8.66. The van der Waals surface area contributed by atoms with Gasteiger partial charge < -0.3 is 10.8 Å². The fourth-order valence-corrected chi connectivity index (χ4v) is 2.00. The van der Waals surface area contributed by atoms with Gasteiger partial charge in [0.1, 0.15) is 0 Å². The number of rotatable bonds is 1. The normalized spacial score (nSPS) is 31.8. The fourth-order valence-electron chi connectivity index (χ4n) is 2.00. The van der Waals surface area contributed by atoms with Gasteiger partial charge in [0.15, 0.2) is 0 Å². The average Bonchev–Trinajstić information content (AvgIpc) is 2.41. The Morgan fingerprint density at radius 2 is 2.54 bits per heavy atom. The third-order valence-electron chi connectivity index (χ3n) is 3.00. The van der Waals surface area contributed by atoms with Crippen molar-refractivity contribution in [3.8, 4) is 0 Å². The van der Waals surface area contributed by atoms with E-state index < -0.39 is 5.54 Å². The smallest absolute Gasteiger partial charge is 0.0849 e. The third-order valence-corrected chi connectivity index (χ3v) is 3.00. The standard InChI is InChI=1S/C10H14N2O/c1-7-5-8-3-2-4-12-9(8)10(7,11)6-13/h2-4,7,13H,5-6,11H2,1H3. The van der Waals surface area contributed by atoms with Gasteiger partial charge in [0, 0.05) is 6.20 Å². The SMILES string of the molecule is CC1Cc2cccnc2C1(N)CO. The minimum atomic E-state index is -0.628. The van der Waals surface area contributed by atoms with Gasteiger partial charge in [0.05, 0.1) is 17.8 Å². The minimum absolute atomic E-state index is 0.0296. The number of fused-ring (bicyclic) bond motifs is 1. The highest BCUT2D eigenvalue weighted by atomic mass is 16.3. The van der Waals surface area contributed by atoms with E-state index in [1.807, 2.05) is 12.1 Å². The summed E-state index contributed by atoms with van der Waals surface area (Å²) in [4.78, 5) is 4.25. The van der Waals surface area contributed by atoms with Crippen LogP contribution in [0.4, 0.5) is 0 Å². The molecule has 13 heavy (non-hydrogen) atoms. The Kier molecular flexibility index (Phi) is 1.86. The summed E-state index contributed by atoms with van der Waals surface area (Å²) in [6.07, 6.45) is 2.65. The molecule has 0 saturated heterocycles. The molecule has 1 aliphatic carbocycles. The molecule has 1 aromatic rings. The van der Waals surface area contributed by atoms with Gasteiger partial charge in [0.2, 0.25) is 0 Å². The van der Waals surface area contributed by atoms with Crippen molar-refractivity contribution in [2.24, 2.45) is 11.7 Å².